The van der Waals surface area contributed by atoms with Gasteiger partial charge in [-0.1, -0.05) is 24.3 Å². The van der Waals surface area contributed by atoms with Gasteiger partial charge in [-0.25, -0.2) is 18.8 Å². The first-order valence-corrected chi connectivity index (χ1v) is 12.5. The highest BCUT2D eigenvalue weighted by atomic mass is 19.4. The Kier molecular flexibility index (Phi) is 7.03. The fraction of sp³-hybridized carbons (Fsp3) is 0.214. The molecule has 1 N–H and O–H groups in total. The number of aromatic nitrogens is 3. The molecule has 1 aliphatic heterocycles. The zero-order valence-electron chi connectivity index (χ0n) is 22.3. The number of carbonyl (C=O) groups excluding carboxylic acids is 2. The normalized spacial score (nSPS) is 13.6. The predicted molar refractivity (Wildman–Crippen MR) is 146 cm³/mol. The number of nitrogens with zero attached hydrogens (tertiary/aromatic N) is 5. The zero-order valence-corrected chi connectivity index (χ0v) is 22.3. The van der Waals surface area contributed by atoms with Gasteiger partial charge in [-0.3, -0.25) is 14.6 Å². The molecule has 1 saturated heterocycles. The summed E-state index contributed by atoms with van der Waals surface area (Å²) in [5, 5.41) is 6.46. The van der Waals surface area contributed by atoms with Gasteiger partial charge >= 0.3 is 18.1 Å². The highest BCUT2D eigenvalue weighted by Gasteiger charge is 2.38. The van der Waals surface area contributed by atoms with E-state index in [4.69, 9.17) is 0 Å². The Labute approximate surface area is 232 Å². The van der Waals surface area contributed by atoms with Crippen LogP contribution in [0.15, 0.2) is 71.8 Å². The van der Waals surface area contributed by atoms with E-state index in [1.807, 2.05) is 0 Å². The van der Waals surface area contributed by atoms with Crippen molar-refractivity contribution in [1.82, 2.24) is 19.7 Å². The smallest absolute Gasteiger partial charge is 0.404 e. The van der Waals surface area contributed by atoms with E-state index in [9.17, 15) is 27.6 Å². The van der Waals surface area contributed by atoms with Crippen LogP contribution in [0.2, 0.25) is 0 Å². The molecule has 0 radical (unpaired) electrons. The molecule has 0 bridgehead atoms. The number of rotatable bonds is 6. The average molecular weight is 567 g/mol. The molecule has 2 heterocycles. The molecule has 13 heteroatoms. The van der Waals surface area contributed by atoms with Crippen molar-refractivity contribution in [2.45, 2.75) is 13.3 Å². The lowest BCUT2D eigenvalue weighted by Crippen LogP contribution is -2.33. The van der Waals surface area contributed by atoms with E-state index in [2.05, 4.69) is 15.2 Å². The molecule has 41 heavy (non-hydrogen) atoms. The number of hydrogen-bond acceptors (Lipinski definition) is 5. The van der Waals surface area contributed by atoms with Crippen LogP contribution in [0.4, 0.5) is 29.3 Å². The van der Waals surface area contributed by atoms with Crippen molar-refractivity contribution in [2.24, 2.45) is 7.05 Å². The molecular formula is C28H25F3N6O4. The van der Waals surface area contributed by atoms with Crippen LogP contribution in [-0.2, 0) is 7.05 Å². The van der Waals surface area contributed by atoms with Crippen LogP contribution < -0.4 is 25.5 Å². The summed E-state index contributed by atoms with van der Waals surface area (Å²) in [5.74, 6) is -0.842. The second kappa shape index (κ2) is 10.5. The van der Waals surface area contributed by atoms with Crippen molar-refractivity contribution in [1.29, 1.82) is 0 Å². The summed E-state index contributed by atoms with van der Waals surface area (Å²) in [6.45, 7) is 1.89. The van der Waals surface area contributed by atoms with Gasteiger partial charge in [0.05, 0.1) is 11.4 Å². The fourth-order valence-corrected chi connectivity index (χ4v) is 4.84. The Morgan fingerprint density at radius 2 is 1.68 bits per heavy atom. The minimum atomic E-state index is -4.98. The average Bonchev–Trinajstić information content (AvgIpc) is 3.49. The number of ether oxygens (including phenoxy) is 1. The second-order valence-electron chi connectivity index (χ2n) is 9.30. The first-order valence-electron chi connectivity index (χ1n) is 12.5. The minimum Gasteiger partial charge on any atom is -0.404 e. The summed E-state index contributed by atoms with van der Waals surface area (Å²) < 4.78 is 47.1. The predicted octanol–water partition coefficient (Wildman–Crippen LogP) is 4.25. The number of aryl methyl sites for hydroxylation is 1. The molecule has 5 rings (SSSR count). The molecule has 1 aromatic heterocycles. The van der Waals surface area contributed by atoms with E-state index in [1.54, 1.807) is 55.5 Å². The van der Waals surface area contributed by atoms with Gasteiger partial charge < -0.3 is 10.1 Å². The Morgan fingerprint density at radius 1 is 0.976 bits per heavy atom. The Bertz CT molecular complexity index is 1690. The molecule has 3 aromatic carbocycles. The fourth-order valence-electron chi connectivity index (χ4n) is 4.84. The van der Waals surface area contributed by atoms with Crippen molar-refractivity contribution in [3.63, 3.8) is 0 Å². The van der Waals surface area contributed by atoms with E-state index in [0.717, 1.165) is 0 Å². The number of alkyl halides is 3. The Morgan fingerprint density at radius 3 is 2.32 bits per heavy atom. The molecule has 4 aromatic rings. The van der Waals surface area contributed by atoms with Gasteiger partial charge in [-0.2, -0.15) is 5.10 Å². The largest absolute Gasteiger partial charge is 0.573 e. The van der Waals surface area contributed by atoms with Gasteiger partial charge in [-0.05, 0) is 60.0 Å². The van der Waals surface area contributed by atoms with Gasteiger partial charge in [0.2, 0.25) is 0 Å². The molecule has 0 atom stereocenters. The van der Waals surface area contributed by atoms with Crippen LogP contribution in [0, 0.1) is 6.92 Å². The first kappa shape index (κ1) is 27.5. The molecule has 10 nitrogen and oxygen atoms in total. The van der Waals surface area contributed by atoms with Gasteiger partial charge in [0.25, 0.3) is 5.91 Å². The van der Waals surface area contributed by atoms with Crippen molar-refractivity contribution in [3.05, 3.63) is 88.6 Å². The van der Waals surface area contributed by atoms with Crippen LogP contribution in [0.25, 0.3) is 16.8 Å². The van der Waals surface area contributed by atoms with Gasteiger partial charge in [0.15, 0.2) is 5.75 Å². The summed E-state index contributed by atoms with van der Waals surface area (Å²) in [6.07, 6.45) is -3.59. The number of benzene rings is 3. The van der Waals surface area contributed by atoms with E-state index in [-0.39, 0.29) is 30.4 Å². The van der Waals surface area contributed by atoms with Crippen LogP contribution >= 0.6 is 0 Å². The van der Waals surface area contributed by atoms with E-state index in [0.29, 0.717) is 33.6 Å². The molecule has 0 saturated carbocycles. The Balaban J connectivity index is 1.53. The van der Waals surface area contributed by atoms with Crippen LogP contribution in [0.1, 0.15) is 15.9 Å². The van der Waals surface area contributed by atoms with Crippen LogP contribution in [0.5, 0.6) is 5.75 Å². The molecule has 0 aliphatic carbocycles. The first-order chi connectivity index (χ1) is 19.5. The number of nitrogens with one attached hydrogen (secondary N) is 1. The molecule has 0 spiro atoms. The lowest BCUT2D eigenvalue weighted by atomic mass is 9.97. The topological polar surface area (TPSA) is 102 Å². The SMILES string of the molecule is CNC(=O)c1cccc(N2CCN(c3c(OC(F)(F)F)ccc(-c4ccc(-n5cnn(C)c5=O)cc4)c3C)C2=O)c1. The van der Waals surface area contributed by atoms with Gasteiger partial charge in [0.1, 0.15) is 6.33 Å². The van der Waals surface area contributed by atoms with E-state index in [1.165, 1.54) is 51.6 Å². The van der Waals surface area contributed by atoms with Crippen LogP contribution in [-0.4, -0.2) is 52.8 Å². The van der Waals surface area contributed by atoms with Gasteiger partial charge in [0, 0.05) is 38.4 Å². The lowest BCUT2D eigenvalue weighted by Gasteiger charge is -2.25. The van der Waals surface area contributed by atoms with Crippen molar-refractivity contribution in [3.8, 4) is 22.6 Å². The maximum atomic E-state index is 13.6. The monoisotopic (exact) mass is 566 g/mol. The van der Waals surface area contributed by atoms with Crippen LogP contribution in [0.3, 0.4) is 0 Å². The van der Waals surface area contributed by atoms with Crippen molar-refractivity contribution >= 4 is 23.3 Å². The minimum absolute atomic E-state index is 0.0117. The van der Waals surface area contributed by atoms with Crippen molar-refractivity contribution < 1.29 is 27.5 Å². The third-order valence-corrected chi connectivity index (χ3v) is 6.83. The Hall–Kier alpha value is -5.07. The molecule has 1 fully saturated rings. The molecule has 212 valence electrons. The van der Waals surface area contributed by atoms with E-state index < -0.39 is 18.1 Å². The summed E-state index contributed by atoms with van der Waals surface area (Å²) in [4.78, 5) is 40.6. The number of amides is 3. The number of halogens is 3. The van der Waals surface area contributed by atoms with Crippen molar-refractivity contribution in [2.75, 3.05) is 29.9 Å². The lowest BCUT2D eigenvalue weighted by molar-refractivity contribution is -0.274. The number of carbonyl (C=O) groups is 2. The second-order valence-corrected chi connectivity index (χ2v) is 9.30. The highest BCUT2D eigenvalue weighted by molar-refractivity contribution is 6.08. The summed E-state index contributed by atoms with van der Waals surface area (Å²) in [5.41, 5.74) is 2.63. The maximum Gasteiger partial charge on any atom is 0.573 e. The summed E-state index contributed by atoms with van der Waals surface area (Å²) in [7, 11) is 3.02. The standard InChI is InChI=1S/C28H25F3N6O4/c1-17-22(18-7-9-20(10-8-18)37-16-33-34(3)26(37)39)11-12-23(41-28(29,30)31)24(17)36-14-13-35(27(36)40)21-6-4-5-19(15-21)25(38)32-2/h4-12,15-16H,13-14H2,1-3H3,(H,32,38). The number of urea groups is 1. The zero-order chi connectivity index (χ0) is 29.5. The highest BCUT2D eigenvalue weighted by Crippen LogP contribution is 2.42. The maximum absolute atomic E-state index is 13.6. The molecule has 0 unspecified atom stereocenters. The summed E-state index contributed by atoms with van der Waals surface area (Å²) in [6, 6.07) is 15.4. The molecule has 3 amide bonds. The third kappa shape index (κ3) is 5.25. The quantitative estimate of drug-likeness (QED) is 0.376. The molecule has 1 aliphatic rings. The number of hydrogen-bond donors (Lipinski definition) is 1. The van der Waals surface area contributed by atoms with Gasteiger partial charge in [-0.15, -0.1) is 13.2 Å². The summed E-state index contributed by atoms with van der Waals surface area (Å²) >= 11 is 0. The molecular weight excluding hydrogens is 541 g/mol. The van der Waals surface area contributed by atoms with E-state index >= 15 is 0 Å². The third-order valence-electron chi connectivity index (χ3n) is 6.83. The number of anilines is 2.